The first-order valence-corrected chi connectivity index (χ1v) is 7.48. The summed E-state index contributed by atoms with van der Waals surface area (Å²) in [6, 6.07) is 7.18. The van der Waals surface area contributed by atoms with E-state index in [-0.39, 0.29) is 11.7 Å². The Balaban J connectivity index is 1.50. The Bertz CT molecular complexity index is 472. The van der Waals surface area contributed by atoms with Crippen LogP contribution in [0.1, 0.15) is 24.8 Å². The number of carbonyl (C=O) groups is 1. The standard InChI is InChI=1S/C16H22N2O2/c19-15-5-1-11(2-6-15)7-16(20)18-14-4-3-12-9-17-10-13(12)8-14/h1-2,5-6,12-14,17,19H,3-4,7-10H2,(H,18,20)/t12-,13+,14?/m0/s1. The van der Waals surface area contributed by atoms with Gasteiger partial charge in [0, 0.05) is 6.04 Å². The van der Waals surface area contributed by atoms with Gasteiger partial charge in [-0.15, -0.1) is 0 Å². The molecule has 2 fully saturated rings. The second-order valence-electron chi connectivity index (χ2n) is 6.10. The van der Waals surface area contributed by atoms with Crippen LogP contribution in [-0.2, 0) is 11.2 Å². The summed E-state index contributed by atoms with van der Waals surface area (Å²) in [6.07, 6.45) is 3.83. The van der Waals surface area contributed by atoms with Gasteiger partial charge in [-0.25, -0.2) is 0 Å². The highest BCUT2D eigenvalue weighted by Crippen LogP contribution is 2.32. The van der Waals surface area contributed by atoms with Crippen molar-refractivity contribution in [2.75, 3.05) is 13.1 Å². The summed E-state index contributed by atoms with van der Waals surface area (Å²) in [7, 11) is 0. The molecule has 4 heteroatoms. The van der Waals surface area contributed by atoms with Crippen molar-refractivity contribution in [1.29, 1.82) is 0 Å². The first kappa shape index (κ1) is 13.4. The maximum atomic E-state index is 12.1. The van der Waals surface area contributed by atoms with Crippen molar-refractivity contribution >= 4 is 5.91 Å². The van der Waals surface area contributed by atoms with E-state index < -0.39 is 0 Å². The monoisotopic (exact) mass is 274 g/mol. The van der Waals surface area contributed by atoms with Gasteiger partial charge in [-0.3, -0.25) is 4.79 Å². The van der Waals surface area contributed by atoms with Crippen LogP contribution in [0.2, 0.25) is 0 Å². The van der Waals surface area contributed by atoms with Crippen LogP contribution in [0, 0.1) is 11.8 Å². The molecule has 2 aliphatic rings. The van der Waals surface area contributed by atoms with E-state index in [2.05, 4.69) is 10.6 Å². The lowest BCUT2D eigenvalue weighted by atomic mass is 9.79. The topological polar surface area (TPSA) is 61.4 Å². The minimum absolute atomic E-state index is 0.0881. The first-order chi connectivity index (χ1) is 9.70. The number of rotatable bonds is 3. The van der Waals surface area contributed by atoms with Crippen LogP contribution in [0.5, 0.6) is 5.75 Å². The summed E-state index contributed by atoms with van der Waals surface area (Å²) in [5.41, 5.74) is 0.941. The summed E-state index contributed by atoms with van der Waals surface area (Å²) >= 11 is 0. The summed E-state index contributed by atoms with van der Waals surface area (Å²) in [5.74, 6) is 1.88. The number of benzene rings is 1. The average Bonchev–Trinajstić information content (AvgIpc) is 2.89. The third-order valence-corrected chi connectivity index (χ3v) is 4.62. The Kier molecular flexibility index (Phi) is 3.92. The van der Waals surface area contributed by atoms with Crippen LogP contribution in [0.4, 0.5) is 0 Å². The van der Waals surface area contributed by atoms with Crippen LogP contribution in [0.3, 0.4) is 0 Å². The number of aromatic hydroxyl groups is 1. The summed E-state index contributed by atoms with van der Waals surface area (Å²) in [4.78, 5) is 12.1. The number of phenols is 1. The third kappa shape index (κ3) is 3.12. The lowest BCUT2D eigenvalue weighted by Crippen LogP contribution is -2.41. The van der Waals surface area contributed by atoms with E-state index in [9.17, 15) is 9.90 Å². The molecule has 3 rings (SSSR count). The van der Waals surface area contributed by atoms with Crippen molar-refractivity contribution in [3.05, 3.63) is 29.8 Å². The van der Waals surface area contributed by atoms with E-state index in [0.717, 1.165) is 43.3 Å². The molecule has 3 N–H and O–H groups in total. The zero-order valence-corrected chi connectivity index (χ0v) is 11.6. The molecule has 0 spiro atoms. The van der Waals surface area contributed by atoms with Crippen LogP contribution in [0.25, 0.3) is 0 Å². The van der Waals surface area contributed by atoms with Gasteiger partial charge in [0.05, 0.1) is 6.42 Å². The second-order valence-corrected chi connectivity index (χ2v) is 6.10. The van der Waals surface area contributed by atoms with Gasteiger partial charge >= 0.3 is 0 Å². The van der Waals surface area contributed by atoms with Crippen molar-refractivity contribution < 1.29 is 9.90 Å². The maximum absolute atomic E-state index is 12.1. The fourth-order valence-electron chi connectivity index (χ4n) is 3.51. The molecule has 1 aliphatic heterocycles. The van der Waals surface area contributed by atoms with Crippen molar-refractivity contribution in [3.63, 3.8) is 0 Å². The molecule has 3 atom stereocenters. The first-order valence-electron chi connectivity index (χ1n) is 7.48. The zero-order valence-electron chi connectivity index (χ0n) is 11.6. The smallest absolute Gasteiger partial charge is 0.224 e. The quantitative estimate of drug-likeness (QED) is 0.781. The highest BCUT2D eigenvalue weighted by Gasteiger charge is 2.34. The van der Waals surface area contributed by atoms with Crippen LogP contribution in [-0.4, -0.2) is 30.1 Å². The van der Waals surface area contributed by atoms with Crippen molar-refractivity contribution in [3.8, 4) is 5.75 Å². The summed E-state index contributed by atoms with van der Waals surface area (Å²) in [6.45, 7) is 2.26. The molecule has 1 unspecified atom stereocenters. The van der Waals surface area contributed by atoms with Gasteiger partial charge in [-0.05, 0) is 61.9 Å². The molecule has 1 saturated heterocycles. The molecule has 4 nitrogen and oxygen atoms in total. The van der Waals surface area contributed by atoms with Gasteiger partial charge < -0.3 is 15.7 Å². The average molecular weight is 274 g/mol. The van der Waals surface area contributed by atoms with E-state index >= 15 is 0 Å². The molecule has 1 aliphatic carbocycles. The van der Waals surface area contributed by atoms with Crippen LogP contribution < -0.4 is 10.6 Å². The molecule has 1 amide bonds. The minimum atomic E-state index is 0.0881. The number of nitrogens with one attached hydrogen (secondary N) is 2. The molecular formula is C16H22N2O2. The molecular weight excluding hydrogens is 252 g/mol. The molecule has 1 heterocycles. The van der Waals surface area contributed by atoms with Gasteiger partial charge in [0.15, 0.2) is 0 Å². The molecule has 20 heavy (non-hydrogen) atoms. The Morgan fingerprint density at radius 3 is 2.75 bits per heavy atom. The Morgan fingerprint density at radius 2 is 1.95 bits per heavy atom. The lowest BCUT2D eigenvalue weighted by Gasteiger charge is -2.31. The SMILES string of the molecule is O=C(Cc1ccc(O)cc1)NC1CC[C@H]2CNC[C@H]2C1. The highest BCUT2D eigenvalue weighted by molar-refractivity contribution is 5.78. The van der Waals surface area contributed by atoms with Crippen molar-refractivity contribution in [1.82, 2.24) is 10.6 Å². The van der Waals surface area contributed by atoms with Crippen molar-refractivity contribution in [2.45, 2.75) is 31.7 Å². The van der Waals surface area contributed by atoms with Crippen LogP contribution >= 0.6 is 0 Å². The number of hydrogen-bond acceptors (Lipinski definition) is 3. The molecule has 0 radical (unpaired) electrons. The van der Waals surface area contributed by atoms with Gasteiger partial charge in [0.1, 0.15) is 5.75 Å². The molecule has 0 aromatic heterocycles. The number of carbonyl (C=O) groups excluding carboxylic acids is 1. The van der Waals surface area contributed by atoms with Gasteiger partial charge in [-0.1, -0.05) is 12.1 Å². The minimum Gasteiger partial charge on any atom is -0.508 e. The number of amides is 1. The zero-order chi connectivity index (χ0) is 13.9. The van der Waals surface area contributed by atoms with E-state index in [1.54, 1.807) is 24.3 Å². The predicted molar refractivity (Wildman–Crippen MR) is 77.4 cm³/mol. The maximum Gasteiger partial charge on any atom is 0.224 e. The second kappa shape index (κ2) is 5.83. The van der Waals surface area contributed by atoms with Gasteiger partial charge in [-0.2, -0.15) is 0 Å². The lowest BCUT2D eigenvalue weighted by molar-refractivity contribution is -0.121. The summed E-state index contributed by atoms with van der Waals surface area (Å²) in [5, 5.41) is 15.8. The van der Waals surface area contributed by atoms with Gasteiger partial charge in [0.2, 0.25) is 5.91 Å². The van der Waals surface area contributed by atoms with Crippen molar-refractivity contribution in [2.24, 2.45) is 11.8 Å². The molecule has 108 valence electrons. The van der Waals surface area contributed by atoms with E-state index in [1.807, 2.05) is 0 Å². The van der Waals surface area contributed by atoms with E-state index in [1.165, 1.54) is 6.42 Å². The largest absolute Gasteiger partial charge is 0.508 e. The van der Waals surface area contributed by atoms with E-state index in [4.69, 9.17) is 0 Å². The Morgan fingerprint density at radius 1 is 1.20 bits per heavy atom. The fourth-order valence-corrected chi connectivity index (χ4v) is 3.51. The molecule has 1 saturated carbocycles. The fraction of sp³-hybridized carbons (Fsp3) is 0.562. The number of hydrogen-bond donors (Lipinski definition) is 3. The Labute approximate surface area is 119 Å². The number of phenolic OH excluding ortho intramolecular Hbond substituents is 1. The predicted octanol–water partition coefficient (Wildman–Crippen LogP) is 1.44. The van der Waals surface area contributed by atoms with Crippen LogP contribution in [0.15, 0.2) is 24.3 Å². The summed E-state index contributed by atoms with van der Waals surface area (Å²) < 4.78 is 0. The van der Waals surface area contributed by atoms with E-state index in [0.29, 0.717) is 12.5 Å². The number of fused-ring (bicyclic) bond motifs is 1. The molecule has 1 aromatic rings. The van der Waals surface area contributed by atoms with Gasteiger partial charge in [0.25, 0.3) is 0 Å². The highest BCUT2D eigenvalue weighted by atomic mass is 16.3. The third-order valence-electron chi connectivity index (χ3n) is 4.62. The Hall–Kier alpha value is -1.55. The molecule has 0 bridgehead atoms. The molecule has 1 aromatic carbocycles. The normalized spacial score (nSPS) is 28.9.